The van der Waals surface area contributed by atoms with E-state index in [0.29, 0.717) is 29.2 Å². The molecular weight excluding hydrogens is 293 g/mol. The monoisotopic (exact) mass is 309 g/mol. The first kappa shape index (κ1) is 15.1. The van der Waals surface area contributed by atoms with Gasteiger partial charge in [-0.2, -0.15) is 0 Å². The van der Waals surface area contributed by atoms with Crippen molar-refractivity contribution in [3.63, 3.8) is 0 Å². The van der Waals surface area contributed by atoms with Gasteiger partial charge in [0.25, 0.3) is 0 Å². The molecule has 3 rings (SSSR count). The van der Waals surface area contributed by atoms with Crippen molar-refractivity contribution < 1.29 is 9.50 Å². The summed E-state index contributed by atoms with van der Waals surface area (Å²) in [6.07, 6.45) is 3.05. The predicted molar refractivity (Wildman–Crippen MR) is 88.4 cm³/mol. The summed E-state index contributed by atoms with van der Waals surface area (Å²) in [4.78, 5) is 8.44. The molecule has 2 aromatic carbocycles. The number of rotatable bonds is 5. The summed E-state index contributed by atoms with van der Waals surface area (Å²) in [5.74, 6) is 0.228. The van der Waals surface area contributed by atoms with Crippen molar-refractivity contribution in [3.05, 3.63) is 66.7 Å². The molecule has 0 aliphatic heterocycles. The lowest BCUT2D eigenvalue weighted by atomic mass is 10.0. The SMILES string of the molecule is OCCNc1cnc(-c2cccc(-c3ccccc3)c2F)cn1. The standard InChI is InChI=1S/C18H16FN3O/c19-18-14(13-5-2-1-3-6-13)7-4-8-15(18)16-11-22-17(12-21-16)20-9-10-23/h1-8,11-12,23H,9-10H2,(H,20,22). The van der Waals surface area contributed by atoms with Gasteiger partial charge in [0.15, 0.2) is 0 Å². The Kier molecular flexibility index (Phi) is 4.59. The van der Waals surface area contributed by atoms with E-state index in [1.54, 1.807) is 18.2 Å². The van der Waals surface area contributed by atoms with Crippen LogP contribution in [-0.4, -0.2) is 28.2 Å². The van der Waals surface area contributed by atoms with Crippen LogP contribution in [0.5, 0.6) is 0 Å². The van der Waals surface area contributed by atoms with Crippen LogP contribution in [0.3, 0.4) is 0 Å². The highest BCUT2D eigenvalue weighted by Gasteiger charge is 2.12. The molecule has 0 spiro atoms. The third-order valence-electron chi connectivity index (χ3n) is 3.43. The number of aromatic nitrogens is 2. The first-order valence-corrected chi connectivity index (χ1v) is 7.30. The summed E-state index contributed by atoms with van der Waals surface area (Å²) in [6, 6.07) is 14.6. The van der Waals surface area contributed by atoms with Gasteiger partial charge in [-0.1, -0.05) is 42.5 Å². The fourth-order valence-electron chi connectivity index (χ4n) is 2.31. The van der Waals surface area contributed by atoms with E-state index in [1.165, 1.54) is 12.4 Å². The van der Waals surface area contributed by atoms with Crippen LogP contribution in [0, 0.1) is 5.82 Å². The van der Waals surface area contributed by atoms with E-state index in [-0.39, 0.29) is 12.4 Å². The minimum atomic E-state index is -0.316. The molecule has 0 aliphatic rings. The minimum absolute atomic E-state index is 0.0111. The molecule has 3 aromatic rings. The number of halogens is 1. The van der Waals surface area contributed by atoms with Gasteiger partial charge in [0.05, 0.1) is 24.7 Å². The quantitative estimate of drug-likeness (QED) is 0.759. The molecule has 116 valence electrons. The fourth-order valence-corrected chi connectivity index (χ4v) is 2.31. The first-order valence-electron chi connectivity index (χ1n) is 7.30. The molecule has 1 aromatic heterocycles. The largest absolute Gasteiger partial charge is 0.395 e. The second kappa shape index (κ2) is 6.98. The first-order chi connectivity index (χ1) is 11.3. The van der Waals surface area contributed by atoms with E-state index in [9.17, 15) is 4.39 Å². The molecule has 0 fully saturated rings. The zero-order chi connectivity index (χ0) is 16.1. The predicted octanol–water partition coefficient (Wildman–Crippen LogP) is 3.35. The number of anilines is 1. The van der Waals surface area contributed by atoms with Gasteiger partial charge in [-0.15, -0.1) is 0 Å². The van der Waals surface area contributed by atoms with Crippen LogP contribution in [0.15, 0.2) is 60.9 Å². The Labute approximate surface area is 133 Å². The van der Waals surface area contributed by atoms with E-state index < -0.39 is 0 Å². The molecule has 1 heterocycles. The molecule has 0 bridgehead atoms. The highest BCUT2D eigenvalue weighted by atomic mass is 19.1. The van der Waals surface area contributed by atoms with E-state index in [2.05, 4.69) is 15.3 Å². The Morgan fingerprint density at radius 1 is 0.913 bits per heavy atom. The number of hydrogen-bond acceptors (Lipinski definition) is 4. The van der Waals surface area contributed by atoms with Crippen molar-refractivity contribution in [1.29, 1.82) is 0 Å². The van der Waals surface area contributed by atoms with Crippen LogP contribution >= 0.6 is 0 Å². The lowest BCUT2D eigenvalue weighted by molar-refractivity contribution is 0.311. The van der Waals surface area contributed by atoms with Crippen LogP contribution in [0.25, 0.3) is 22.4 Å². The summed E-state index contributed by atoms with van der Waals surface area (Å²) >= 11 is 0. The van der Waals surface area contributed by atoms with Gasteiger partial charge in [-0.25, -0.2) is 9.37 Å². The molecule has 0 saturated carbocycles. The van der Waals surface area contributed by atoms with E-state index >= 15 is 0 Å². The van der Waals surface area contributed by atoms with Crippen molar-refractivity contribution >= 4 is 5.82 Å². The second-order valence-corrected chi connectivity index (χ2v) is 4.97. The highest BCUT2D eigenvalue weighted by molar-refractivity contribution is 5.72. The van der Waals surface area contributed by atoms with Crippen LogP contribution in [0.2, 0.25) is 0 Å². The summed E-state index contributed by atoms with van der Waals surface area (Å²) in [7, 11) is 0. The van der Waals surface area contributed by atoms with Crippen molar-refractivity contribution in [1.82, 2.24) is 9.97 Å². The Hall–Kier alpha value is -2.79. The van der Waals surface area contributed by atoms with Crippen molar-refractivity contribution in [2.45, 2.75) is 0 Å². The Bertz CT molecular complexity index is 776. The number of nitrogens with one attached hydrogen (secondary N) is 1. The molecule has 0 amide bonds. The number of nitrogens with zero attached hydrogens (tertiary/aromatic N) is 2. The van der Waals surface area contributed by atoms with Crippen molar-refractivity contribution in [2.75, 3.05) is 18.5 Å². The maximum Gasteiger partial charge on any atom is 0.144 e. The Morgan fingerprint density at radius 2 is 1.70 bits per heavy atom. The molecule has 0 radical (unpaired) electrons. The number of aliphatic hydroxyl groups is 1. The van der Waals surface area contributed by atoms with Crippen LogP contribution in [0.4, 0.5) is 10.2 Å². The maximum atomic E-state index is 14.8. The summed E-state index contributed by atoms with van der Waals surface area (Å²) < 4.78 is 14.8. The Balaban J connectivity index is 1.94. The van der Waals surface area contributed by atoms with Gasteiger partial charge >= 0.3 is 0 Å². The van der Waals surface area contributed by atoms with Crippen LogP contribution in [-0.2, 0) is 0 Å². The van der Waals surface area contributed by atoms with Crippen LogP contribution < -0.4 is 5.32 Å². The molecule has 5 heteroatoms. The van der Waals surface area contributed by atoms with Crippen LogP contribution in [0.1, 0.15) is 0 Å². The molecule has 23 heavy (non-hydrogen) atoms. The molecule has 0 aliphatic carbocycles. The smallest absolute Gasteiger partial charge is 0.144 e. The number of hydrogen-bond donors (Lipinski definition) is 2. The molecular formula is C18H16FN3O. The normalized spacial score (nSPS) is 10.5. The summed E-state index contributed by atoms with van der Waals surface area (Å²) in [5.41, 5.74) is 2.23. The second-order valence-electron chi connectivity index (χ2n) is 4.97. The lowest BCUT2D eigenvalue weighted by Crippen LogP contribution is -2.07. The van der Waals surface area contributed by atoms with Gasteiger partial charge in [-0.05, 0) is 11.6 Å². The number of aliphatic hydroxyl groups excluding tert-OH is 1. The third-order valence-corrected chi connectivity index (χ3v) is 3.43. The lowest BCUT2D eigenvalue weighted by Gasteiger charge is -2.09. The molecule has 4 nitrogen and oxygen atoms in total. The van der Waals surface area contributed by atoms with E-state index in [4.69, 9.17) is 5.11 Å². The molecule has 0 atom stereocenters. The molecule has 2 N–H and O–H groups in total. The average molecular weight is 309 g/mol. The maximum absolute atomic E-state index is 14.8. The number of benzene rings is 2. The van der Waals surface area contributed by atoms with E-state index in [0.717, 1.165) is 5.56 Å². The van der Waals surface area contributed by atoms with Crippen molar-refractivity contribution in [3.8, 4) is 22.4 Å². The summed E-state index contributed by atoms with van der Waals surface area (Å²) in [5, 5.41) is 11.7. The highest BCUT2D eigenvalue weighted by Crippen LogP contribution is 2.29. The average Bonchev–Trinajstić information content (AvgIpc) is 2.61. The van der Waals surface area contributed by atoms with Gasteiger partial charge in [0, 0.05) is 17.7 Å². The van der Waals surface area contributed by atoms with Gasteiger partial charge in [0.2, 0.25) is 0 Å². The van der Waals surface area contributed by atoms with E-state index in [1.807, 2.05) is 30.3 Å². The molecule has 0 saturated heterocycles. The van der Waals surface area contributed by atoms with Crippen molar-refractivity contribution in [2.24, 2.45) is 0 Å². The minimum Gasteiger partial charge on any atom is -0.395 e. The summed E-state index contributed by atoms with van der Waals surface area (Å²) in [6.45, 7) is 0.406. The van der Waals surface area contributed by atoms with Gasteiger partial charge in [0.1, 0.15) is 11.6 Å². The fraction of sp³-hybridized carbons (Fsp3) is 0.111. The molecule has 0 unspecified atom stereocenters. The zero-order valence-corrected chi connectivity index (χ0v) is 12.4. The topological polar surface area (TPSA) is 58.0 Å². The zero-order valence-electron chi connectivity index (χ0n) is 12.4. The van der Waals surface area contributed by atoms with Gasteiger partial charge < -0.3 is 10.4 Å². The third kappa shape index (κ3) is 3.35. The van der Waals surface area contributed by atoms with Gasteiger partial charge in [-0.3, -0.25) is 4.98 Å². The Morgan fingerprint density at radius 3 is 2.39 bits per heavy atom.